The lowest BCUT2D eigenvalue weighted by molar-refractivity contribution is 0.102. The molecule has 0 aliphatic carbocycles. The predicted octanol–water partition coefficient (Wildman–Crippen LogP) is 4.17. The first kappa shape index (κ1) is 23.1. The van der Waals surface area contributed by atoms with Gasteiger partial charge in [0.1, 0.15) is 17.1 Å². The molecule has 9 nitrogen and oxygen atoms in total. The molecule has 0 fully saturated rings. The summed E-state index contributed by atoms with van der Waals surface area (Å²) < 4.78 is 0. The number of phenols is 1. The summed E-state index contributed by atoms with van der Waals surface area (Å²) >= 11 is 5.98. The van der Waals surface area contributed by atoms with E-state index in [1.54, 1.807) is 60.7 Å². The van der Waals surface area contributed by atoms with Gasteiger partial charge in [-0.05, 0) is 60.5 Å². The van der Waals surface area contributed by atoms with Crippen molar-refractivity contribution in [3.05, 3.63) is 103 Å². The van der Waals surface area contributed by atoms with Crippen LogP contribution >= 0.6 is 11.6 Å². The van der Waals surface area contributed by atoms with Crippen LogP contribution in [0, 0.1) is 0 Å². The van der Waals surface area contributed by atoms with Gasteiger partial charge in [-0.2, -0.15) is 5.10 Å². The number of rotatable bonds is 8. The Balaban J connectivity index is 1.31. The first-order valence-corrected chi connectivity index (χ1v) is 11.4. The lowest BCUT2D eigenvalue weighted by Gasteiger charge is -2.15. The molecule has 0 atom stereocenters. The highest BCUT2D eigenvalue weighted by Crippen LogP contribution is 2.28. The summed E-state index contributed by atoms with van der Waals surface area (Å²) in [5.74, 6) is 0.111. The van der Waals surface area contributed by atoms with Gasteiger partial charge in [0.05, 0.1) is 5.52 Å². The molecule has 0 aliphatic heterocycles. The van der Waals surface area contributed by atoms with Crippen molar-refractivity contribution in [1.29, 1.82) is 0 Å². The van der Waals surface area contributed by atoms with E-state index in [9.17, 15) is 19.5 Å². The topological polar surface area (TPSA) is 136 Å². The zero-order valence-corrected chi connectivity index (χ0v) is 19.5. The number of H-pyrrole nitrogens is 1. The summed E-state index contributed by atoms with van der Waals surface area (Å²) in [4.78, 5) is 37.0. The van der Waals surface area contributed by atoms with Gasteiger partial charge in [-0.3, -0.25) is 19.5 Å². The third-order valence-corrected chi connectivity index (χ3v) is 5.92. The standard InChI is InChI=1S/C26H20ClN5O4/c27-16-5-2-4-15(12-16)26(36)30-25-19-13-17(7-8-20(19)31-32-25)29-22-21(23(34)24(22)35)28-10-9-14-3-1-6-18(33)11-14/h1-8,11-13,28-29,33H,9-10H2,(H2,30,31,32,36). The highest BCUT2D eigenvalue weighted by molar-refractivity contribution is 6.31. The smallest absolute Gasteiger partial charge is 0.256 e. The van der Waals surface area contributed by atoms with Gasteiger partial charge in [-0.25, -0.2) is 0 Å². The molecule has 1 amide bonds. The molecule has 0 bridgehead atoms. The second-order valence-electron chi connectivity index (χ2n) is 8.18. The number of amides is 1. The maximum Gasteiger partial charge on any atom is 0.256 e. The highest BCUT2D eigenvalue weighted by atomic mass is 35.5. The number of nitrogens with zero attached hydrogens (tertiary/aromatic N) is 1. The largest absolute Gasteiger partial charge is 0.508 e. The quantitative estimate of drug-likeness (QED) is 0.201. The maximum absolute atomic E-state index is 12.6. The number of benzene rings is 3. The molecule has 5 N–H and O–H groups in total. The Morgan fingerprint density at radius 2 is 1.78 bits per heavy atom. The van der Waals surface area contributed by atoms with Crippen LogP contribution in [0.25, 0.3) is 10.9 Å². The molecule has 0 aliphatic rings. The van der Waals surface area contributed by atoms with Crippen molar-refractivity contribution < 1.29 is 9.90 Å². The van der Waals surface area contributed by atoms with E-state index in [0.29, 0.717) is 46.0 Å². The van der Waals surface area contributed by atoms with E-state index in [4.69, 9.17) is 11.6 Å². The number of nitrogens with one attached hydrogen (secondary N) is 4. The van der Waals surface area contributed by atoms with Crippen LogP contribution < -0.4 is 26.8 Å². The number of hydrogen-bond donors (Lipinski definition) is 5. The molecular formula is C26H20ClN5O4. The second kappa shape index (κ2) is 9.55. The Labute approximate surface area is 209 Å². The van der Waals surface area contributed by atoms with Crippen LogP contribution in [0.2, 0.25) is 5.02 Å². The predicted molar refractivity (Wildman–Crippen MR) is 140 cm³/mol. The summed E-state index contributed by atoms with van der Waals surface area (Å²) in [6.07, 6.45) is 0.559. The lowest BCUT2D eigenvalue weighted by Crippen LogP contribution is -2.37. The Hall–Kier alpha value is -4.63. The van der Waals surface area contributed by atoms with Gasteiger partial charge < -0.3 is 21.1 Å². The Morgan fingerprint density at radius 1 is 0.972 bits per heavy atom. The van der Waals surface area contributed by atoms with Crippen LogP contribution in [0.1, 0.15) is 15.9 Å². The van der Waals surface area contributed by atoms with Crippen molar-refractivity contribution in [2.24, 2.45) is 0 Å². The molecule has 0 radical (unpaired) electrons. The van der Waals surface area contributed by atoms with Crippen LogP contribution in [-0.4, -0.2) is 27.8 Å². The molecule has 0 saturated carbocycles. The molecule has 0 unspecified atom stereocenters. The third kappa shape index (κ3) is 4.64. The normalized spacial score (nSPS) is 11.0. The van der Waals surface area contributed by atoms with E-state index in [1.807, 2.05) is 6.07 Å². The average molecular weight is 502 g/mol. The Kier molecular flexibility index (Phi) is 6.14. The lowest BCUT2D eigenvalue weighted by atomic mass is 10.1. The summed E-state index contributed by atoms with van der Waals surface area (Å²) in [5.41, 5.74) is 1.68. The minimum Gasteiger partial charge on any atom is -0.508 e. The molecule has 10 heteroatoms. The number of anilines is 4. The van der Waals surface area contributed by atoms with Gasteiger partial charge in [0.15, 0.2) is 5.82 Å². The number of carbonyl (C=O) groups is 1. The van der Waals surface area contributed by atoms with Crippen molar-refractivity contribution in [3.63, 3.8) is 0 Å². The van der Waals surface area contributed by atoms with Crippen LogP contribution in [0.3, 0.4) is 0 Å². The van der Waals surface area contributed by atoms with Crippen LogP contribution in [-0.2, 0) is 6.42 Å². The van der Waals surface area contributed by atoms with Gasteiger partial charge in [0.2, 0.25) is 0 Å². The van der Waals surface area contributed by atoms with E-state index < -0.39 is 10.9 Å². The Morgan fingerprint density at radius 3 is 2.58 bits per heavy atom. The van der Waals surface area contributed by atoms with Crippen LogP contribution in [0.4, 0.5) is 22.9 Å². The number of fused-ring (bicyclic) bond motifs is 1. The molecule has 1 heterocycles. The maximum atomic E-state index is 12.6. The molecule has 5 rings (SSSR count). The molecule has 36 heavy (non-hydrogen) atoms. The molecule has 180 valence electrons. The van der Waals surface area contributed by atoms with E-state index in [1.165, 1.54) is 0 Å². The van der Waals surface area contributed by atoms with Crippen molar-refractivity contribution >= 4 is 51.3 Å². The number of phenolic OH excluding ortho intramolecular Hbond substituents is 1. The molecule has 1 aromatic heterocycles. The number of halogens is 1. The zero-order chi connectivity index (χ0) is 25.2. The highest BCUT2D eigenvalue weighted by Gasteiger charge is 2.21. The fourth-order valence-electron chi connectivity index (χ4n) is 3.86. The zero-order valence-electron chi connectivity index (χ0n) is 18.8. The molecule has 0 spiro atoms. The fourth-order valence-corrected chi connectivity index (χ4v) is 4.05. The molecule has 0 saturated heterocycles. The van der Waals surface area contributed by atoms with Crippen molar-refractivity contribution in [3.8, 4) is 5.75 Å². The minimum atomic E-state index is -0.614. The summed E-state index contributed by atoms with van der Waals surface area (Å²) in [7, 11) is 0. The minimum absolute atomic E-state index is 0.168. The van der Waals surface area contributed by atoms with E-state index in [-0.39, 0.29) is 23.0 Å². The van der Waals surface area contributed by atoms with E-state index >= 15 is 0 Å². The number of carbonyl (C=O) groups excluding carboxylic acids is 1. The monoisotopic (exact) mass is 501 g/mol. The fraction of sp³-hybridized carbons (Fsp3) is 0.0769. The molecule has 4 aromatic carbocycles. The number of aromatic nitrogens is 2. The van der Waals surface area contributed by atoms with Crippen molar-refractivity contribution in [2.45, 2.75) is 6.42 Å². The molecular weight excluding hydrogens is 482 g/mol. The second-order valence-corrected chi connectivity index (χ2v) is 8.61. The van der Waals surface area contributed by atoms with E-state index in [2.05, 4.69) is 26.1 Å². The first-order chi connectivity index (χ1) is 17.4. The molecule has 5 aromatic rings. The van der Waals surface area contributed by atoms with E-state index in [0.717, 1.165) is 5.56 Å². The van der Waals surface area contributed by atoms with Gasteiger partial charge in [0, 0.05) is 28.2 Å². The van der Waals surface area contributed by atoms with Crippen molar-refractivity contribution in [1.82, 2.24) is 10.2 Å². The summed E-state index contributed by atoms with van der Waals surface area (Å²) in [5, 5.41) is 26.4. The SMILES string of the molecule is O=C(Nc1n[nH]c2ccc(Nc3c(NCCc4cccc(O)c4)c(=O)c3=O)cc12)c1cccc(Cl)c1. The van der Waals surface area contributed by atoms with Gasteiger partial charge >= 0.3 is 0 Å². The number of hydrogen-bond acceptors (Lipinski definition) is 7. The number of aromatic hydroxyl groups is 1. The third-order valence-electron chi connectivity index (χ3n) is 5.69. The van der Waals surface area contributed by atoms with Gasteiger partial charge in [-0.15, -0.1) is 0 Å². The Bertz CT molecular complexity index is 1670. The van der Waals surface area contributed by atoms with Crippen LogP contribution in [0.15, 0.2) is 76.3 Å². The van der Waals surface area contributed by atoms with Gasteiger partial charge in [0.25, 0.3) is 16.8 Å². The average Bonchev–Trinajstić information content (AvgIpc) is 3.27. The first-order valence-electron chi connectivity index (χ1n) is 11.1. The summed E-state index contributed by atoms with van der Waals surface area (Å²) in [6.45, 7) is 0.406. The van der Waals surface area contributed by atoms with Gasteiger partial charge in [-0.1, -0.05) is 29.8 Å². The number of aromatic amines is 1. The van der Waals surface area contributed by atoms with Crippen molar-refractivity contribution in [2.75, 3.05) is 22.5 Å². The van der Waals surface area contributed by atoms with Crippen LogP contribution in [0.5, 0.6) is 5.75 Å². The summed E-state index contributed by atoms with van der Waals surface area (Å²) in [6, 6.07) is 18.6.